The van der Waals surface area contributed by atoms with E-state index < -0.39 is 0 Å². The molecule has 2 aromatic heterocycles. The SMILES string of the molecule is Cc1cc(C(=O)N2CCCCC2C(C)N)c(C)n1-c1nccs1. The molecule has 6 heteroatoms. The van der Waals surface area contributed by atoms with Gasteiger partial charge >= 0.3 is 0 Å². The molecule has 0 aromatic carbocycles. The number of hydrogen-bond donors (Lipinski definition) is 1. The first-order valence-corrected chi connectivity index (χ1v) is 9.04. The fourth-order valence-electron chi connectivity index (χ4n) is 3.51. The van der Waals surface area contributed by atoms with Crippen LogP contribution in [0.4, 0.5) is 0 Å². The van der Waals surface area contributed by atoms with Crippen molar-refractivity contribution in [1.82, 2.24) is 14.5 Å². The Balaban J connectivity index is 1.95. The summed E-state index contributed by atoms with van der Waals surface area (Å²) in [5.41, 5.74) is 8.88. The number of rotatable bonds is 3. The van der Waals surface area contributed by atoms with Crippen molar-refractivity contribution in [1.29, 1.82) is 0 Å². The first kappa shape index (κ1) is 16.2. The topological polar surface area (TPSA) is 64.2 Å². The number of nitrogens with two attached hydrogens (primary N) is 1. The molecule has 3 rings (SSSR count). The quantitative estimate of drug-likeness (QED) is 0.940. The van der Waals surface area contributed by atoms with Gasteiger partial charge in [-0.15, -0.1) is 11.3 Å². The van der Waals surface area contributed by atoms with Gasteiger partial charge in [0, 0.05) is 41.6 Å². The van der Waals surface area contributed by atoms with Gasteiger partial charge in [-0.3, -0.25) is 9.36 Å². The second-order valence-electron chi connectivity index (χ2n) is 6.36. The van der Waals surface area contributed by atoms with Gasteiger partial charge in [-0.2, -0.15) is 0 Å². The molecule has 2 atom stereocenters. The summed E-state index contributed by atoms with van der Waals surface area (Å²) < 4.78 is 2.06. The van der Waals surface area contributed by atoms with Crippen LogP contribution in [0, 0.1) is 13.8 Å². The number of aromatic nitrogens is 2. The van der Waals surface area contributed by atoms with Crippen LogP contribution in [0.25, 0.3) is 5.13 Å². The van der Waals surface area contributed by atoms with Crippen molar-refractivity contribution in [3.05, 3.63) is 34.6 Å². The Labute approximate surface area is 141 Å². The van der Waals surface area contributed by atoms with Crippen molar-refractivity contribution in [2.24, 2.45) is 5.73 Å². The lowest BCUT2D eigenvalue weighted by Gasteiger charge is -2.38. The van der Waals surface area contributed by atoms with Gasteiger partial charge in [0.15, 0.2) is 5.13 Å². The van der Waals surface area contributed by atoms with Crippen LogP contribution in [0.15, 0.2) is 17.6 Å². The molecule has 5 nitrogen and oxygen atoms in total. The lowest BCUT2D eigenvalue weighted by Crippen LogP contribution is -2.51. The lowest BCUT2D eigenvalue weighted by molar-refractivity contribution is 0.0583. The molecule has 2 unspecified atom stereocenters. The fourth-order valence-corrected chi connectivity index (χ4v) is 4.26. The van der Waals surface area contributed by atoms with E-state index in [9.17, 15) is 4.79 Å². The smallest absolute Gasteiger partial charge is 0.256 e. The molecule has 0 spiro atoms. The second kappa shape index (κ2) is 6.45. The third kappa shape index (κ3) is 2.93. The predicted molar refractivity (Wildman–Crippen MR) is 93.2 cm³/mol. The summed E-state index contributed by atoms with van der Waals surface area (Å²) in [5, 5.41) is 2.85. The maximum Gasteiger partial charge on any atom is 0.256 e. The second-order valence-corrected chi connectivity index (χ2v) is 7.23. The molecular weight excluding hydrogens is 308 g/mol. The third-order valence-corrected chi connectivity index (χ3v) is 5.45. The van der Waals surface area contributed by atoms with E-state index in [1.165, 1.54) is 0 Å². The molecule has 1 aliphatic rings. The van der Waals surface area contributed by atoms with Gasteiger partial charge in [0.2, 0.25) is 0 Å². The zero-order valence-corrected chi connectivity index (χ0v) is 14.8. The van der Waals surface area contributed by atoms with Crippen LogP contribution in [0.1, 0.15) is 47.9 Å². The number of nitrogens with zero attached hydrogens (tertiary/aromatic N) is 3. The molecule has 3 heterocycles. The monoisotopic (exact) mass is 332 g/mol. The van der Waals surface area contributed by atoms with Gasteiger partial charge in [0.05, 0.1) is 5.56 Å². The number of aryl methyl sites for hydroxylation is 1. The van der Waals surface area contributed by atoms with E-state index in [0.29, 0.717) is 0 Å². The predicted octanol–water partition coefficient (Wildman–Crippen LogP) is 2.89. The zero-order valence-electron chi connectivity index (χ0n) is 14.0. The van der Waals surface area contributed by atoms with E-state index >= 15 is 0 Å². The van der Waals surface area contributed by atoms with Gasteiger partial charge < -0.3 is 10.6 Å². The molecular formula is C17H24N4OS. The average Bonchev–Trinajstić information content (AvgIpc) is 3.14. The molecule has 0 saturated carbocycles. The first-order chi connectivity index (χ1) is 11.0. The van der Waals surface area contributed by atoms with E-state index in [1.807, 2.05) is 37.1 Å². The van der Waals surface area contributed by atoms with Crippen LogP contribution >= 0.6 is 11.3 Å². The molecule has 0 radical (unpaired) electrons. The van der Waals surface area contributed by atoms with Crippen LogP contribution in [0.2, 0.25) is 0 Å². The van der Waals surface area contributed by atoms with E-state index in [4.69, 9.17) is 5.73 Å². The molecule has 1 aliphatic heterocycles. The summed E-state index contributed by atoms with van der Waals surface area (Å²) in [6.07, 6.45) is 4.99. The minimum absolute atomic E-state index is 0.00158. The number of hydrogen-bond acceptors (Lipinski definition) is 4. The standard InChI is InChI=1S/C17H24N4OS/c1-11-10-14(13(3)21(11)17-19-7-9-23-17)16(22)20-8-5-4-6-15(20)12(2)18/h7,9-10,12,15H,4-6,8,18H2,1-3H3. The van der Waals surface area contributed by atoms with Crippen molar-refractivity contribution in [3.63, 3.8) is 0 Å². The summed E-state index contributed by atoms with van der Waals surface area (Å²) in [4.78, 5) is 19.5. The summed E-state index contributed by atoms with van der Waals surface area (Å²) in [5.74, 6) is 0.0999. The molecule has 1 fully saturated rings. The number of piperidine rings is 1. The number of thiazole rings is 1. The highest BCUT2D eigenvalue weighted by molar-refractivity contribution is 7.12. The normalized spacial score (nSPS) is 19.8. The summed E-state index contributed by atoms with van der Waals surface area (Å²) >= 11 is 1.58. The van der Waals surface area contributed by atoms with Crippen molar-refractivity contribution in [2.75, 3.05) is 6.54 Å². The van der Waals surface area contributed by atoms with E-state index in [2.05, 4.69) is 9.55 Å². The Morgan fingerprint density at radius 1 is 1.43 bits per heavy atom. The summed E-state index contributed by atoms with van der Waals surface area (Å²) in [6, 6.07) is 2.12. The van der Waals surface area contributed by atoms with Crippen molar-refractivity contribution < 1.29 is 4.79 Å². The van der Waals surface area contributed by atoms with Crippen LogP contribution in [-0.4, -0.2) is 39.0 Å². The Kier molecular flexibility index (Phi) is 4.55. The highest BCUT2D eigenvalue weighted by Gasteiger charge is 2.31. The highest BCUT2D eigenvalue weighted by atomic mass is 32.1. The molecule has 124 valence electrons. The van der Waals surface area contributed by atoms with Gasteiger partial charge in [-0.25, -0.2) is 4.98 Å². The Hall–Kier alpha value is -1.66. The fraction of sp³-hybridized carbons (Fsp3) is 0.529. The molecule has 2 aromatic rings. The minimum Gasteiger partial charge on any atom is -0.334 e. The van der Waals surface area contributed by atoms with E-state index in [1.54, 1.807) is 17.5 Å². The van der Waals surface area contributed by atoms with Crippen molar-refractivity contribution >= 4 is 17.2 Å². The minimum atomic E-state index is 0.00158. The molecule has 0 aliphatic carbocycles. The summed E-state index contributed by atoms with van der Waals surface area (Å²) in [6.45, 7) is 6.80. The van der Waals surface area contributed by atoms with Crippen LogP contribution in [0.3, 0.4) is 0 Å². The molecule has 23 heavy (non-hydrogen) atoms. The molecule has 1 saturated heterocycles. The van der Waals surface area contributed by atoms with Crippen LogP contribution in [-0.2, 0) is 0 Å². The number of amides is 1. The first-order valence-electron chi connectivity index (χ1n) is 8.16. The summed E-state index contributed by atoms with van der Waals surface area (Å²) in [7, 11) is 0. The zero-order chi connectivity index (χ0) is 16.6. The van der Waals surface area contributed by atoms with E-state index in [0.717, 1.165) is 47.9 Å². The van der Waals surface area contributed by atoms with Crippen LogP contribution in [0.5, 0.6) is 0 Å². The third-order valence-electron chi connectivity index (χ3n) is 4.69. The highest BCUT2D eigenvalue weighted by Crippen LogP contribution is 2.26. The van der Waals surface area contributed by atoms with Gasteiger partial charge in [0.1, 0.15) is 0 Å². The van der Waals surface area contributed by atoms with Gasteiger partial charge in [-0.05, 0) is 46.1 Å². The molecule has 2 N–H and O–H groups in total. The Morgan fingerprint density at radius 3 is 2.87 bits per heavy atom. The average molecular weight is 332 g/mol. The van der Waals surface area contributed by atoms with Crippen LogP contribution < -0.4 is 5.73 Å². The van der Waals surface area contributed by atoms with Crippen molar-refractivity contribution in [3.8, 4) is 5.13 Å². The Morgan fingerprint density at radius 2 is 2.22 bits per heavy atom. The van der Waals surface area contributed by atoms with Gasteiger partial charge in [-0.1, -0.05) is 0 Å². The van der Waals surface area contributed by atoms with Crippen molar-refractivity contribution in [2.45, 2.75) is 52.1 Å². The van der Waals surface area contributed by atoms with E-state index in [-0.39, 0.29) is 18.0 Å². The maximum atomic E-state index is 13.1. The Bertz CT molecular complexity index is 690. The number of carbonyl (C=O) groups is 1. The van der Waals surface area contributed by atoms with Gasteiger partial charge in [0.25, 0.3) is 5.91 Å². The largest absolute Gasteiger partial charge is 0.334 e. The maximum absolute atomic E-state index is 13.1. The molecule has 0 bridgehead atoms. The lowest BCUT2D eigenvalue weighted by atomic mass is 9.96. The number of likely N-dealkylation sites (tertiary alicyclic amines) is 1. The molecule has 1 amide bonds. The number of carbonyl (C=O) groups excluding carboxylic acids is 1.